The van der Waals surface area contributed by atoms with Crippen molar-refractivity contribution in [3.63, 3.8) is 0 Å². The van der Waals surface area contributed by atoms with E-state index in [-0.39, 0.29) is 35.7 Å². The maximum atomic E-state index is 13.4. The number of aliphatic hydroxyl groups is 1. The van der Waals surface area contributed by atoms with E-state index in [4.69, 9.17) is 9.47 Å². The van der Waals surface area contributed by atoms with E-state index in [1.165, 1.54) is 12.1 Å². The van der Waals surface area contributed by atoms with Crippen molar-refractivity contribution in [2.24, 2.45) is 0 Å². The van der Waals surface area contributed by atoms with Crippen LogP contribution in [0.15, 0.2) is 76.5 Å². The molecule has 3 unspecified atom stereocenters. The second-order valence-electron chi connectivity index (χ2n) is 11.6. The van der Waals surface area contributed by atoms with Crippen molar-refractivity contribution < 1.29 is 31.4 Å². The van der Waals surface area contributed by atoms with Gasteiger partial charge in [0.25, 0.3) is 0 Å². The summed E-state index contributed by atoms with van der Waals surface area (Å²) in [6.45, 7) is 5.24. The van der Waals surface area contributed by atoms with E-state index in [2.05, 4.69) is 10.0 Å². The number of rotatable bonds is 12. The molecule has 0 aliphatic carbocycles. The summed E-state index contributed by atoms with van der Waals surface area (Å²) < 4.78 is 67.9. The van der Waals surface area contributed by atoms with E-state index in [9.17, 15) is 21.9 Å². The fourth-order valence-corrected chi connectivity index (χ4v) is 8.48. The Morgan fingerprint density at radius 3 is 2.49 bits per heavy atom. The molecule has 0 aromatic heterocycles. The molecular weight excluding hydrogens is 590 g/mol. The molecule has 234 valence electrons. The van der Waals surface area contributed by atoms with Gasteiger partial charge in [0.05, 0.1) is 22.0 Å². The summed E-state index contributed by atoms with van der Waals surface area (Å²) in [5, 5.41) is 15.8. The Bertz CT molecular complexity index is 1620. The molecule has 5 rings (SSSR count). The molecule has 2 fully saturated rings. The van der Waals surface area contributed by atoms with E-state index in [1.54, 1.807) is 35.5 Å². The van der Waals surface area contributed by atoms with Crippen molar-refractivity contribution in [2.75, 3.05) is 32.8 Å². The lowest BCUT2D eigenvalue weighted by Crippen LogP contribution is -2.47. The molecule has 2 heterocycles. The van der Waals surface area contributed by atoms with Crippen LogP contribution in [-0.2, 0) is 24.8 Å². The third-order valence-electron chi connectivity index (χ3n) is 8.37. The first-order chi connectivity index (χ1) is 20.5. The van der Waals surface area contributed by atoms with Gasteiger partial charge in [-0.1, -0.05) is 43.3 Å². The Balaban J connectivity index is 1.08. The zero-order chi connectivity index (χ0) is 30.7. The number of nitrogens with zero attached hydrogens (tertiary/aromatic N) is 1. The number of piperidine rings is 1. The fraction of sp³-hybridized carbons (Fsp3) is 0.484. The summed E-state index contributed by atoms with van der Waals surface area (Å²) in [4.78, 5) is 0.420. The first-order valence-corrected chi connectivity index (χ1v) is 17.7. The second-order valence-corrected chi connectivity index (χ2v) is 15.2. The summed E-state index contributed by atoms with van der Waals surface area (Å²) in [5.74, 6) is 0.361. The number of aliphatic hydroxyl groups excluding tert-OH is 1. The van der Waals surface area contributed by atoms with E-state index in [0.717, 1.165) is 17.2 Å². The third kappa shape index (κ3) is 7.56. The minimum Gasteiger partial charge on any atom is -0.491 e. The highest BCUT2D eigenvalue weighted by Crippen LogP contribution is 2.37. The topological polar surface area (TPSA) is 134 Å². The van der Waals surface area contributed by atoms with E-state index >= 15 is 0 Å². The quantitative estimate of drug-likeness (QED) is 0.278. The van der Waals surface area contributed by atoms with Gasteiger partial charge < -0.3 is 19.9 Å². The molecule has 1 spiro atoms. The molecular formula is C31H41N3O7S2. The van der Waals surface area contributed by atoms with Gasteiger partial charge in [-0.3, -0.25) is 0 Å². The second kappa shape index (κ2) is 13.2. The maximum absolute atomic E-state index is 13.4. The molecule has 3 aromatic carbocycles. The molecule has 2 saturated heterocycles. The van der Waals surface area contributed by atoms with Crippen LogP contribution in [0.3, 0.4) is 0 Å². The van der Waals surface area contributed by atoms with E-state index in [1.807, 2.05) is 37.3 Å². The first kappa shape index (κ1) is 31.8. The molecule has 3 aromatic rings. The van der Waals surface area contributed by atoms with Gasteiger partial charge in [0.15, 0.2) is 0 Å². The predicted octanol–water partition coefficient (Wildman–Crippen LogP) is 3.26. The first-order valence-electron chi connectivity index (χ1n) is 14.8. The number of hydrogen-bond donors (Lipinski definition) is 3. The minimum absolute atomic E-state index is 0.00436. The van der Waals surface area contributed by atoms with Gasteiger partial charge in [-0.2, -0.15) is 4.31 Å². The van der Waals surface area contributed by atoms with Crippen LogP contribution < -0.4 is 14.8 Å². The Hall–Kier alpha value is -2.58. The molecule has 2 aliphatic rings. The zero-order valence-electron chi connectivity index (χ0n) is 24.6. The molecule has 3 N–H and O–H groups in total. The molecule has 43 heavy (non-hydrogen) atoms. The SMILES string of the molecule is CCC(C)NS(=O)(=O)c1cccc(OCC(O)CNC2COC3(CCN(S(=O)(=O)c4ccc5ccccc5c4)CC3)C2)c1. The zero-order valence-corrected chi connectivity index (χ0v) is 26.2. The Morgan fingerprint density at radius 1 is 1.00 bits per heavy atom. The standard InChI is InChI=1S/C31H41N3O7S2/c1-3-23(2)33-42(36,37)29-10-6-9-28(18-29)40-22-27(35)20-32-26-19-31(41-21-26)13-15-34(16-14-31)43(38,39)30-12-11-24-7-4-5-8-25(24)17-30/h4-12,17-18,23,26-27,32-33,35H,3,13-16,19-22H2,1-2H3. The van der Waals surface area contributed by atoms with Gasteiger partial charge in [-0.25, -0.2) is 21.6 Å². The van der Waals surface area contributed by atoms with Gasteiger partial charge >= 0.3 is 0 Å². The van der Waals surface area contributed by atoms with Crippen LogP contribution in [0.1, 0.15) is 39.5 Å². The van der Waals surface area contributed by atoms with Crippen molar-refractivity contribution >= 4 is 30.8 Å². The predicted molar refractivity (Wildman–Crippen MR) is 165 cm³/mol. The molecule has 0 amide bonds. The van der Waals surface area contributed by atoms with Crippen molar-refractivity contribution in [1.82, 2.24) is 14.3 Å². The average molecular weight is 632 g/mol. The fourth-order valence-electron chi connectivity index (χ4n) is 5.64. The molecule has 0 saturated carbocycles. The van der Waals surface area contributed by atoms with E-state index in [0.29, 0.717) is 49.6 Å². The van der Waals surface area contributed by atoms with Crippen LogP contribution in [-0.4, -0.2) is 82.9 Å². The largest absolute Gasteiger partial charge is 0.491 e. The van der Waals surface area contributed by atoms with Gasteiger partial charge in [0, 0.05) is 37.8 Å². The van der Waals surface area contributed by atoms with Crippen LogP contribution in [0.4, 0.5) is 0 Å². The summed E-state index contributed by atoms with van der Waals surface area (Å²) in [7, 11) is -7.26. The number of benzene rings is 3. The number of hydrogen-bond acceptors (Lipinski definition) is 8. The average Bonchev–Trinajstić information content (AvgIpc) is 3.40. The molecule has 10 nitrogen and oxygen atoms in total. The highest BCUT2D eigenvalue weighted by atomic mass is 32.2. The lowest BCUT2D eigenvalue weighted by molar-refractivity contribution is -0.0312. The molecule has 12 heteroatoms. The maximum Gasteiger partial charge on any atom is 0.243 e. The molecule has 0 radical (unpaired) electrons. The van der Waals surface area contributed by atoms with Crippen molar-refractivity contribution in [1.29, 1.82) is 0 Å². The molecule has 2 aliphatic heterocycles. The van der Waals surface area contributed by atoms with Crippen LogP contribution in [0.2, 0.25) is 0 Å². The number of nitrogens with one attached hydrogen (secondary N) is 2. The van der Waals surface area contributed by atoms with E-state index < -0.39 is 26.2 Å². The summed E-state index contributed by atoms with van der Waals surface area (Å²) in [6, 6.07) is 19.0. The third-order valence-corrected chi connectivity index (χ3v) is 11.9. The number of ether oxygens (including phenoxy) is 2. The van der Waals surface area contributed by atoms with Crippen molar-refractivity contribution in [3.05, 3.63) is 66.7 Å². The lowest BCUT2D eigenvalue weighted by atomic mass is 9.88. The van der Waals surface area contributed by atoms with Crippen LogP contribution in [0, 0.1) is 0 Å². The Morgan fingerprint density at radius 2 is 1.74 bits per heavy atom. The highest BCUT2D eigenvalue weighted by molar-refractivity contribution is 7.89. The monoisotopic (exact) mass is 631 g/mol. The van der Waals surface area contributed by atoms with Gasteiger partial charge in [-0.05, 0) is 67.6 Å². The van der Waals surface area contributed by atoms with Crippen LogP contribution in [0.5, 0.6) is 5.75 Å². The van der Waals surface area contributed by atoms with Crippen molar-refractivity contribution in [2.45, 2.75) is 73.1 Å². The van der Waals surface area contributed by atoms with Crippen LogP contribution >= 0.6 is 0 Å². The molecule has 0 bridgehead atoms. The summed E-state index contributed by atoms with van der Waals surface area (Å²) in [6.07, 6.45) is 1.80. The normalized spacial score (nSPS) is 20.8. The van der Waals surface area contributed by atoms with Crippen molar-refractivity contribution in [3.8, 4) is 5.75 Å². The summed E-state index contributed by atoms with van der Waals surface area (Å²) >= 11 is 0. The number of fused-ring (bicyclic) bond motifs is 1. The minimum atomic E-state index is -3.66. The summed E-state index contributed by atoms with van der Waals surface area (Å²) in [5.41, 5.74) is -0.385. The number of sulfonamides is 2. The van der Waals surface area contributed by atoms with Gasteiger partial charge in [0.1, 0.15) is 18.5 Å². The lowest BCUT2D eigenvalue weighted by Gasteiger charge is -2.38. The smallest absolute Gasteiger partial charge is 0.243 e. The highest BCUT2D eigenvalue weighted by Gasteiger charge is 2.44. The molecule has 3 atom stereocenters. The van der Waals surface area contributed by atoms with Gasteiger partial charge in [-0.15, -0.1) is 0 Å². The van der Waals surface area contributed by atoms with Crippen LogP contribution in [0.25, 0.3) is 10.8 Å². The Labute approximate surface area is 254 Å². The van der Waals surface area contributed by atoms with Gasteiger partial charge in [0.2, 0.25) is 20.0 Å². The Kier molecular flexibility index (Phi) is 9.76.